The fourth-order valence-electron chi connectivity index (χ4n) is 4.03. The maximum atomic E-state index is 12.7. The monoisotopic (exact) mass is 422 g/mol. The molecule has 1 aliphatic carbocycles. The van der Waals surface area contributed by atoms with Crippen LogP contribution in [0.2, 0.25) is 0 Å². The number of carbonyl (C=O) groups excluding carboxylic acids is 1. The zero-order chi connectivity index (χ0) is 21.8. The summed E-state index contributed by atoms with van der Waals surface area (Å²) in [5.41, 5.74) is 6.98. The van der Waals surface area contributed by atoms with Crippen molar-refractivity contribution in [2.24, 2.45) is 16.6 Å². The van der Waals surface area contributed by atoms with E-state index in [0.717, 1.165) is 37.6 Å². The number of nitrogens with two attached hydrogens (primary N) is 1. The molecule has 162 valence electrons. The van der Waals surface area contributed by atoms with Crippen molar-refractivity contribution < 1.29 is 9.53 Å². The summed E-state index contributed by atoms with van der Waals surface area (Å²) in [6.45, 7) is 0.849. The summed E-state index contributed by atoms with van der Waals surface area (Å²) >= 11 is 0. The van der Waals surface area contributed by atoms with E-state index in [0.29, 0.717) is 41.6 Å². The van der Waals surface area contributed by atoms with Crippen LogP contribution in [0.25, 0.3) is 11.3 Å². The van der Waals surface area contributed by atoms with Crippen molar-refractivity contribution in [3.05, 3.63) is 30.2 Å². The number of fused-ring (bicyclic) bond motifs is 1. The Balaban J connectivity index is 1.56. The maximum Gasteiger partial charge on any atom is 0.247 e. The SMILES string of the molecule is CO[C@H]1CC[C@@H](CN2C(=O)CNc3ncc(-c4ccc(C(=N)/N=C\N)nc4)nc32)CC1. The van der Waals surface area contributed by atoms with E-state index in [2.05, 4.69) is 20.3 Å². The lowest BCUT2D eigenvalue weighted by atomic mass is 9.87. The third-order valence-corrected chi connectivity index (χ3v) is 5.79. The van der Waals surface area contributed by atoms with Gasteiger partial charge in [0.2, 0.25) is 5.91 Å². The first-order valence-electron chi connectivity index (χ1n) is 10.3. The van der Waals surface area contributed by atoms with Gasteiger partial charge in [-0.15, -0.1) is 0 Å². The Hall–Kier alpha value is -3.40. The summed E-state index contributed by atoms with van der Waals surface area (Å²) in [5, 5.41) is 10.9. The summed E-state index contributed by atoms with van der Waals surface area (Å²) in [4.78, 5) is 31.7. The van der Waals surface area contributed by atoms with Gasteiger partial charge in [0.05, 0.1) is 30.9 Å². The molecular formula is C21H26N8O2. The predicted octanol–water partition coefficient (Wildman–Crippen LogP) is 1.81. The molecule has 0 spiro atoms. The molecule has 1 aliphatic heterocycles. The number of nitrogens with one attached hydrogen (secondary N) is 2. The first-order valence-corrected chi connectivity index (χ1v) is 10.3. The van der Waals surface area contributed by atoms with Gasteiger partial charge >= 0.3 is 0 Å². The molecule has 0 unspecified atom stereocenters. The molecule has 4 N–H and O–H groups in total. The number of hydrogen-bond donors (Lipinski definition) is 3. The van der Waals surface area contributed by atoms with Gasteiger partial charge in [0.15, 0.2) is 17.5 Å². The molecule has 4 rings (SSSR count). The largest absolute Gasteiger partial charge is 0.390 e. The van der Waals surface area contributed by atoms with Crippen LogP contribution >= 0.6 is 0 Å². The average Bonchev–Trinajstić information content (AvgIpc) is 2.81. The average molecular weight is 422 g/mol. The number of hydrogen-bond acceptors (Lipinski definition) is 7. The number of aliphatic imine (C=N–C) groups is 1. The van der Waals surface area contributed by atoms with Crippen molar-refractivity contribution >= 4 is 29.7 Å². The van der Waals surface area contributed by atoms with Crippen LogP contribution in [0, 0.1) is 11.3 Å². The number of carbonyl (C=O) groups is 1. The van der Waals surface area contributed by atoms with Crippen molar-refractivity contribution in [1.82, 2.24) is 15.0 Å². The molecular weight excluding hydrogens is 396 g/mol. The Labute approximate surface area is 180 Å². The van der Waals surface area contributed by atoms with Gasteiger partial charge in [-0.05, 0) is 43.7 Å². The number of nitrogens with zero attached hydrogens (tertiary/aromatic N) is 5. The second kappa shape index (κ2) is 9.17. The number of amides is 1. The van der Waals surface area contributed by atoms with Gasteiger partial charge in [-0.25, -0.2) is 15.0 Å². The van der Waals surface area contributed by atoms with Crippen molar-refractivity contribution in [2.45, 2.75) is 31.8 Å². The number of amidine groups is 1. The van der Waals surface area contributed by atoms with Crippen LogP contribution in [0.1, 0.15) is 31.4 Å². The molecule has 0 atom stereocenters. The number of aromatic nitrogens is 3. The van der Waals surface area contributed by atoms with E-state index < -0.39 is 0 Å². The van der Waals surface area contributed by atoms with Gasteiger partial charge in [0.1, 0.15) is 5.69 Å². The molecule has 2 aromatic heterocycles. The highest BCUT2D eigenvalue weighted by Gasteiger charge is 2.31. The molecule has 1 fully saturated rings. The van der Waals surface area contributed by atoms with Crippen LogP contribution in [0.15, 0.2) is 29.5 Å². The Morgan fingerprint density at radius 1 is 1.32 bits per heavy atom. The molecule has 0 aromatic carbocycles. The first-order chi connectivity index (χ1) is 15.1. The minimum absolute atomic E-state index is 0.00520. The highest BCUT2D eigenvalue weighted by Crippen LogP contribution is 2.32. The summed E-state index contributed by atoms with van der Waals surface area (Å²) in [6.07, 6.45) is 8.74. The number of rotatable bonds is 5. The van der Waals surface area contributed by atoms with Gasteiger partial charge in [-0.3, -0.25) is 20.1 Å². The van der Waals surface area contributed by atoms with E-state index in [1.165, 1.54) is 0 Å². The van der Waals surface area contributed by atoms with E-state index in [1.807, 2.05) is 0 Å². The van der Waals surface area contributed by atoms with Gasteiger partial charge in [0, 0.05) is 25.4 Å². The minimum Gasteiger partial charge on any atom is -0.390 e. The Bertz CT molecular complexity index is 983. The van der Waals surface area contributed by atoms with Gasteiger partial charge in [-0.1, -0.05) is 0 Å². The maximum absolute atomic E-state index is 12.7. The number of anilines is 2. The zero-order valence-electron chi connectivity index (χ0n) is 17.4. The van der Waals surface area contributed by atoms with Crippen LogP contribution in [0.4, 0.5) is 11.6 Å². The van der Waals surface area contributed by atoms with Crippen molar-refractivity contribution in [3.63, 3.8) is 0 Å². The normalized spacial score (nSPS) is 21.1. The summed E-state index contributed by atoms with van der Waals surface area (Å²) in [6, 6.07) is 3.48. The predicted molar refractivity (Wildman–Crippen MR) is 118 cm³/mol. The Morgan fingerprint density at radius 3 is 2.81 bits per heavy atom. The summed E-state index contributed by atoms with van der Waals surface area (Å²) in [5.74, 6) is 1.55. The fourth-order valence-corrected chi connectivity index (χ4v) is 4.03. The van der Waals surface area contributed by atoms with Gasteiger partial charge in [-0.2, -0.15) is 0 Å². The molecule has 3 heterocycles. The molecule has 1 saturated carbocycles. The van der Waals surface area contributed by atoms with Gasteiger partial charge < -0.3 is 15.8 Å². The topological polar surface area (TPSA) is 142 Å². The molecule has 10 heteroatoms. The Kier molecular flexibility index (Phi) is 6.17. The molecule has 0 saturated heterocycles. The highest BCUT2D eigenvalue weighted by molar-refractivity contribution is 6.01. The van der Waals surface area contributed by atoms with Crippen molar-refractivity contribution in [2.75, 3.05) is 30.4 Å². The highest BCUT2D eigenvalue weighted by atomic mass is 16.5. The van der Waals surface area contributed by atoms with Crippen LogP contribution in [-0.4, -0.2) is 59.3 Å². The smallest absolute Gasteiger partial charge is 0.247 e. The number of pyridine rings is 1. The first kappa shape index (κ1) is 20.9. The number of methoxy groups -OCH3 is 1. The quantitative estimate of drug-likeness (QED) is 0.492. The molecule has 2 aliphatic rings. The van der Waals surface area contributed by atoms with Crippen LogP contribution in [-0.2, 0) is 9.53 Å². The molecule has 0 bridgehead atoms. The lowest BCUT2D eigenvalue weighted by Crippen LogP contribution is -2.44. The zero-order valence-corrected chi connectivity index (χ0v) is 17.4. The minimum atomic E-state index is -0.0188. The summed E-state index contributed by atoms with van der Waals surface area (Å²) < 4.78 is 5.46. The van der Waals surface area contributed by atoms with Crippen LogP contribution in [0.5, 0.6) is 0 Å². The standard InChI is InChI=1S/C21H26N8O2/c1-31-15-5-2-13(3-6-15)11-29-18(30)10-26-20-21(29)28-17(9-25-20)14-4-7-16(24-8-14)19(23)27-12-22/h4,7-9,12-13,15H,2-3,5-6,10-11H2,1H3,(H,25,26)(H3,22,23,27)/t13-,15+. The number of ether oxygens (including phenoxy) is 1. The van der Waals surface area contributed by atoms with Crippen LogP contribution < -0.4 is 16.0 Å². The molecule has 1 amide bonds. The molecule has 2 aromatic rings. The summed E-state index contributed by atoms with van der Waals surface area (Å²) in [7, 11) is 1.76. The van der Waals surface area contributed by atoms with E-state index >= 15 is 0 Å². The molecule has 0 radical (unpaired) electrons. The van der Waals surface area contributed by atoms with Crippen molar-refractivity contribution in [3.8, 4) is 11.3 Å². The molecule has 10 nitrogen and oxygen atoms in total. The van der Waals surface area contributed by atoms with Crippen molar-refractivity contribution in [1.29, 1.82) is 5.41 Å². The van der Waals surface area contributed by atoms with E-state index in [4.69, 9.17) is 20.9 Å². The Morgan fingerprint density at radius 2 is 2.13 bits per heavy atom. The van der Waals surface area contributed by atoms with Gasteiger partial charge in [0.25, 0.3) is 0 Å². The lowest BCUT2D eigenvalue weighted by Gasteiger charge is -2.34. The third-order valence-electron chi connectivity index (χ3n) is 5.79. The van der Waals surface area contributed by atoms with E-state index in [1.54, 1.807) is 36.5 Å². The van der Waals surface area contributed by atoms with Crippen LogP contribution in [0.3, 0.4) is 0 Å². The van der Waals surface area contributed by atoms with E-state index in [9.17, 15) is 4.79 Å². The second-order valence-electron chi connectivity index (χ2n) is 7.72. The second-order valence-corrected chi connectivity index (χ2v) is 7.72. The third kappa shape index (κ3) is 4.53. The molecule has 31 heavy (non-hydrogen) atoms. The fraction of sp³-hybridized carbons (Fsp3) is 0.429. The van der Waals surface area contributed by atoms with E-state index in [-0.39, 0.29) is 18.3 Å². The lowest BCUT2D eigenvalue weighted by molar-refractivity contribution is -0.117.